The number of nitrogens with one attached hydrogen (secondary N) is 1. The van der Waals surface area contributed by atoms with Gasteiger partial charge in [0.25, 0.3) is 0 Å². The Labute approximate surface area is 62.1 Å². The minimum atomic E-state index is 1.06. The van der Waals surface area contributed by atoms with Gasteiger partial charge in [-0.25, -0.2) is 0 Å². The van der Waals surface area contributed by atoms with E-state index in [1.165, 1.54) is 11.3 Å². The Bertz CT molecular complexity index is 187. The molecule has 1 aliphatic rings. The molecular weight excluding hydrogens is 122 g/mol. The number of hydrogen-bond acceptors (Lipinski definition) is 1. The first-order valence-electron chi connectivity index (χ1n) is 3.60. The molecule has 0 radical (unpaired) electrons. The van der Waals surface area contributed by atoms with Crippen LogP contribution in [0.1, 0.15) is 13.3 Å². The normalized spacial score (nSPS) is 18.1. The molecule has 0 aromatic rings. The Hall–Kier alpha value is -0.980. The van der Waals surface area contributed by atoms with Crippen molar-refractivity contribution in [3.63, 3.8) is 0 Å². The second kappa shape index (κ2) is 3.25. The molecule has 0 aliphatic carbocycles. The molecule has 0 saturated carbocycles. The second-order valence-electron chi connectivity index (χ2n) is 2.32. The van der Waals surface area contributed by atoms with Crippen LogP contribution in [0.15, 0.2) is 36.1 Å². The Morgan fingerprint density at radius 3 is 3.00 bits per heavy atom. The Kier molecular flexibility index (Phi) is 2.32. The van der Waals surface area contributed by atoms with E-state index in [4.69, 9.17) is 0 Å². The van der Waals surface area contributed by atoms with Gasteiger partial charge in [0.1, 0.15) is 0 Å². The zero-order valence-electron chi connectivity index (χ0n) is 6.35. The van der Waals surface area contributed by atoms with Crippen LogP contribution in [0.3, 0.4) is 0 Å². The summed E-state index contributed by atoms with van der Waals surface area (Å²) in [4.78, 5) is 0. The lowest BCUT2D eigenvalue weighted by Crippen LogP contribution is -2.04. The Morgan fingerprint density at radius 1 is 1.60 bits per heavy atom. The van der Waals surface area contributed by atoms with Gasteiger partial charge in [-0.1, -0.05) is 18.7 Å². The molecule has 0 aromatic carbocycles. The van der Waals surface area contributed by atoms with Crippen LogP contribution in [-0.4, -0.2) is 6.54 Å². The fraction of sp³-hybridized carbons (Fsp3) is 0.333. The van der Waals surface area contributed by atoms with Gasteiger partial charge in [0.2, 0.25) is 0 Å². The van der Waals surface area contributed by atoms with Crippen LogP contribution in [0.4, 0.5) is 0 Å². The van der Waals surface area contributed by atoms with E-state index in [0.29, 0.717) is 0 Å². The first-order valence-corrected chi connectivity index (χ1v) is 3.60. The molecule has 1 heterocycles. The predicted molar refractivity (Wildman–Crippen MR) is 44.7 cm³/mol. The summed E-state index contributed by atoms with van der Waals surface area (Å²) < 4.78 is 0. The molecule has 0 saturated heterocycles. The van der Waals surface area contributed by atoms with E-state index >= 15 is 0 Å². The summed E-state index contributed by atoms with van der Waals surface area (Å²) in [5.74, 6) is 0. The van der Waals surface area contributed by atoms with Gasteiger partial charge in [0.15, 0.2) is 0 Å². The van der Waals surface area contributed by atoms with Crippen molar-refractivity contribution < 1.29 is 0 Å². The van der Waals surface area contributed by atoms with Crippen molar-refractivity contribution in [3.05, 3.63) is 36.1 Å². The van der Waals surface area contributed by atoms with E-state index in [2.05, 4.69) is 18.0 Å². The van der Waals surface area contributed by atoms with Crippen molar-refractivity contribution in [1.29, 1.82) is 0 Å². The highest BCUT2D eigenvalue weighted by Gasteiger charge is 2.06. The first-order chi connectivity index (χ1) is 4.88. The average Bonchev–Trinajstić information content (AvgIpc) is 2.36. The third-order valence-corrected chi connectivity index (χ3v) is 1.64. The molecule has 1 heteroatoms. The van der Waals surface area contributed by atoms with Crippen LogP contribution in [0.5, 0.6) is 0 Å². The van der Waals surface area contributed by atoms with E-state index in [9.17, 15) is 0 Å². The third kappa shape index (κ3) is 1.29. The molecule has 0 aromatic heterocycles. The molecule has 1 N–H and O–H groups in total. The summed E-state index contributed by atoms with van der Waals surface area (Å²) in [6, 6.07) is 0. The van der Waals surface area contributed by atoms with E-state index < -0.39 is 0 Å². The van der Waals surface area contributed by atoms with Crippen molar-refractivity contribution >= 4 is 0 Å². The summed E-state index contributed by atoms with van der Waals surface area (Å²) in [6.45, 7) is 6.82. The van der Waals surface area contributed by atoms with E-state index in [1.54, 1.807) is 0 Å². The predicted octanol–water partition coefficient (Wildman–Crippen LogP) is 2.00. The maximum Gasteiger partial charge on any atom is 0.0369 e. The highest BCUT2D eigenvalue weighted by atomic mass is 14.9. The fourth-order valence-electron chi connectivity index (χ4n) is 1.12. The number of allylic oxidation sites excluding steroid dienone is 3. The van der Waals surface area contributed by atoms with Crippen molar-refractivity contribution in [3.8, 4) is 0 Å². The topological polar surface area (TPSA) is 12.0 Å². The smallest absolute Gasteiger partial charge is 0.0369 e. The van der Waals surface area contributed by atoms with Crippen LogP contribution in [0.2, 0.25) is 0 Å². The van der Waals surface area contributed by atoms with E-state index in [1.807, 2.05) is 19.1 Å². The quantitative estimate of drug-likeness (QED) is 0.610. The monoisotopic (exact) mass is 135 g/mol. The molecule has 54 valence electrons. The van der Waals surface area contributed by atoms with Gasteiger partial charge in [-0.15, -0.1) is 0 Å². The van der Waals surface area contributed by atoms with Crippen LogP contribution in [0.25, 0.3) is 0 Å². The Balaban J connectivity index is 2.77. The lowest BCUT2D eigenvalue weighted by atomic mass is 10.2. The molecule has 0 fully saturated rings. The van der Waals surface area contributed by atoms with E-state index in [0.717, 1.165) is 13.0 Å². The minimum absolute atomic E-state index is 1.06. The van der Waals surface area contributed by atoms with Gasteiger partial charge in [0.05, 0.1) is 0 Å². The van der Waals surface area contributed by atoms with Gasteiger partial charge in [-0.05, 0) is 25.0 Å². The minimum Gasteiger partial charge on any atom is -0.384 e. The lowest BCUT2D eigenvalue weighted by molar-refractivity contribution is 0.888. The average molecular weight is 135 g/mol. The zero-order chi connectivity index (χ0) is 7.40. The molecule has 0 bridgehead atoms. The maximum atomic E-state index is 3.74. The van der Waals surface area contributed by atoms with Crippen molar-refractivity contribution in [1.82, 2.24) is 5.32 Å². The van der Waals surface area contributed by atoms with Crippen LogP contribution >= 0.6 is 0 Å². The standard InChI is InChI=1S/C9H13N/c1-3-5-9-8(4-2)6-7-10-9/h3-5,10H,2,6-7H2,1H3/b5-3-. The SMILES string of the molecule is C=CC1=C(/C=C\C)NCC1. The largest absolute Gasteiger partial charge is 0.384 e. The summed E-state index contributed by atoms with van der Waals surface area (Å²) in [6.07, 6.45) is 7.17. The molecule has 10 heavy (non-hydrogen) atoms. The van der Waals surface area contributed by atoms with Crippen LogP contribution in [-0.2, 0) is 0 Å². The zero-order valence-corrected chi connectivity index (χ0v) is 6.35. The van der Waals surface area contributed by atoms with E-state index in [-0.39, 0.29) is 0 Å². The van der Waals surface area contributed by atoms with Crippen molar-refractivity contribution in [2.75, 3.05) is 6.54 Å². The lowest BCUT2D eigenvalue weighted by Gasteiger charge is -1.95. The van der Waals surface area contributed by atoms with Crippen LogP contribution in [0, 0.1) is 0 Å². The highest BCUT2D eigenvalue weighted by Crippen LogP contribution is 2.14. The maximum absolute atomic E-state index is 3.74. The van der Waals surface area contributed by atoms with Crippen LogP contribution < -0.4 is 5.32 Å². The summed E-state index contributed by atoms with van der Waals surface area (Å²) in [7, 11) is 0. The van der Waals surface area contributed by atoms with Crippen molar-refractivity contribution in [2.24, 2.45) is 0 Å². The molecule has 0 atom stereocenters. The molecule has 1 aliphatic heterocycles. The van der Waals surface area contributed by atoms with Gasteiger partial charge in [0, 0.05) is 12.2 Å². The molecule has 1 nitrogen and oxygen atoms in total. The summed E-state index contributed by atoms with van der Waals surface area (Å²) in [5.41, 5.74) is 2.57. The molecule has 1 rings (SSSR count). The van der Waals surface area contributed by atoms with Gasteiger partial charge >= 0.3 is 0 Å². The van der Waals surface area contributed by atoms with Gasteiger partial charge in [-0.2, -0.15) is 0 Å². The summed E-state index contributed by atoms with van der Waals surface area (Å²) >= 11 is 0. The third-order valence-electron chi connectivity index (χ3n) is 1.64. The molecule has 0 unspecified atom stereocenters. The second-order valence-corrected chi connectivity index (χ2v) is 2.32. The Morgan fingerprint density at radius 2 is 2.40 bits per heavy atom. The molecular formula is C9H13N. The first kappa shape index (κ1) is 7.13. The van der Waals surface area contributed by atoms with Gasteiger partial charge in [-0.3, -0.25) is 0 Å². The molecule has 0 spiro atoms. The van der Waals surface area contributed by atoms with Crippen molar-refractivity contribution in [2.45, 2.75) is 13.3 Å². The summed E-state index contributed by atoms with van der Waals surface area (Å²) in [5, 5.41) is 3.28. The molecule has 0 amide bonds. The number of rotatable bonds is 2. The van der Waals surface area contributed by atoms with Gasteiger partial charge < -0.3 is 5.32 Å². The fourth-order valence-corrected chi connectivity index (χ4v) is 1.12. The highest BCUT2D eigenvalue weighted by molar-refractivity contribution is 5.34. The number of hydrogen-bond donors (Lipinski definition) is 1.